The first-order chi connectivity index (χ1) is 13.9. The van der Waals surface area contributed by atoms with Crippen LogP contribution in [0, 0.1) is 0 Å². The topological polar surface area (TPSA) is 82.6 Å². The fourth-order valence-corrected chi connectivity index (χ4v) is 4.84. The smallest absolute Gasteiger partial charge is 0.255 e. The number of piperazine rings is 1. The maximum absolute atomic E-state index is 13.0. The minimum absolute atomic E-state index is 0.130. The van der Waals surface area contributed by atoms with Crippen molar-refractivity contribution in [2.75, 3.05) is 38.5 Å². The van der Waals surface area contributed by atoms with Gasteiger partial charge in [0.1, 0.15) is 0 Å². The van der Waals surface area contributed by atoms with Gasteiger partial charge in [-0.25, -0.2) is 8.42 Å². The molecule has 2 heterocycles. The van der Waals surface area contributed by atoms with E-state index < -0.39 is 10.0 Å². The van der Waals surface area contributed by atoms with E-state index in [0.29, 0.717) is 37.4 Å². The van der Waals surface area contributed by atoms with E-state index in [4.69, 9.17) is 0 Å². The summed E-state index contributed by atoms with van der Waals surface area (Å²) in [5.74, 6) is -0.376. The van der Waals surface area contributed by atoms with E-state index in [1.807, 2.05) is 31.3 Å². The highest BCUT2D eigenvalue weighted by molar-refractivity contribution is 7.89. The highest BCUT2D eigenvalue weighted by atomic mass is 32.2. The zero-order valence-corrected chi connectivity index (χ0v) is 16.9. The molecule has 1 N–H and O–H groups in total. The largest absolute Gasteiger partial charge is 0.320 e. The molecule has 0 atom stereocenters. The number of hydrogen-bond acceptors (Lipinski definition) is 5. The number of benzene rings is 2. The third-order valence-electron chi connectivity index (χ3n) is 5.08. The molecule has 29 heavy (non-hydrogen) atoms. The number of hydrogen-bond donors (Lipinski definition) is 1. The molecule has 1 amide bonds. The number of sulfonamides is 1. The summed E-state index contributed by atoms with van der Waals surface area (Å²) in [6, 6.07) is 15.5. The SMILES string of the molecule is CN1CCN(S(=O)(=O)c2cccc(C(=O)Nc3cccc4cccnc34)c2)CC1. The van der Waals surface area contributed by atoms with Crippen LogP contribution in [0.5, 0.6) is 0 Å². The van der Waals surface area contributed by atoms with Crippen molar-refractivity contribution in [2.45, 2.75) is 4.90 Å². The lowest BCUT2D eigenvalue weighted by Crippen LogP contribution is -2.47. The van der Waals surface area contributed by atoms with Crippen LogP contribution < -0.4 is 5.32 Å². The van der Waals surface area contributed by atoms with Crippen molar-refractivity contribution < 1.29 is 13.2 Å². The van der Waals surface area contributed by atoms with Crippen molar-refractivity contribution in [3.63, 3.8) is 0 Å². The van der Waals surface area contributed by atoms with E-state index in [1.54, 1.807) is 24.4 Å². The number of carbonyl (C=O) groups excluding carboxylic acids is 1. The molecule has 1 aliphatic rings. The van der Waals surface area contributed by atoms with Gasteiger partial charge in [-0.15, -0.1) is 0 Å². The van der Waals surface area contributed by atoms with Gasteiger partial charge in [0.25, 0.3) is 5.91 Å². The number of likely N-dealkylation sites (N-methyl/N-ethyl adjacent to an activating group) is 1. The van der Waals surface area contributed by atoms with Crippen molar-refractivity contribution in [2.24, 2.45) is 0 Å². The predicted molar refractivity (Wildman–Crippen MR) is 112 cm³/mol. The summed E-state index contributed by atoms with van der Waals surface area (Å²) < 4.78 is 27.4. The molecule has 1 aromatic heterocycles. The molecule has 1 fully saturated rings. The third kappa shape index (κ3) is 4.00. The zero-order valence-electron chi connectivity index (χ0n) is 16.1. The Labute approximate surface area is 170 Å². The number of amides is 1. The first-order valence-electron chi connectivity index (χ1n) is 9.39. The molecule has 2 aromatic carbocycles. The number of nitrogens with one attached hydrogen (secondary N) is 1. The summed E-state index contributed by atoms with van der Waals surface area (Å²) in [7, 11) is -1.67. The molecule has 0 aliphatic carbocycles. The Kier molecular flexibility index (Phi) is 5.31. The number of fused-ring (bicyclic) bond motifs is 1. The van der Waals surface area contributed by atoms with E-state index in [9.17, 15) is 13.2 Å². The van der Waals surface area contributed by atoms with Gasteiger partial charge in [0.2, 0.25) is 10.0 Å². The van der Waals surface area contributed by atoms with Crippen molar-refractivity contribution >= 4 is 32.5 Å². The van der Waals surface area contributed by atoms with Crippen LogP contribution in [-0.2, 0) is 10.0 Å². The van der Waals surface area contributed by atoms with Gasteiger partial charge in [-0.3, -0.25) is 9.78 Å². The molecule has 4 rings (SSSR count). The Balaban J connectivity index is 1.59. The van der Waals surface area contributed by atoms with E-state index in [2.05, 4.69) is 15.2 Å². The summed E-state index contributed by atoms with van der Waals surface area (Å²) in [5, 5.41) is 3.76. The fraction of sp³-hybridized carbons (Fsp3) is 0.238. The predicted octanol–water partition coefficient (Wildman–Crippen LogP) is 2.42. The molecule has 0 radical (unpaired) electrons. The molecule has 8 heteroatoms. The molecule has 0 spiro atoms. The molecule has 7 nitrogen and oxygen atoms in total. The van der Waals surface area contributed by atoms with Crippen molar-refractivity contribution in [1.82, 2.24) is 14.2 Å². The Morgan fingerprint density at radius 3 is 2.52 bits per heavy atom. The second-order valence-corrected chi connectivity index (χ2v) is 9.01. The Bertz CT molecular complexity index is 1150. The van der Waals surface area contributed by atoms with Crippen molar-refractivity contribution in [3.05, 3.63) is 66.4 Å². The Morgan fingerprint density at radius 1 is 1.00 bits per heavy atom. The summed E-state index contributed by atoms with van der Waals surface area (Å²) in [6.07, 6.45) is 1.67. The highest BCUT2D eigenvalue weighted by Gasteiger charge is 2.28. The van der Waals surface area contributed by atoms with Gasteiger partial charge >= 0.3 is 0 Å². The molecule has 0 saturated carbocycles. The molecule has 150 valence electrons. The first kappa shape index (κ1) is 19.5. The molecular weight excluding hydrogens is 388 g/mol. The summed E-state index contributed by atoms with van der Waals surface area (Å²) in [6.45, 7) is 2.26. The lowest BCUT2D eigenvalue weighted by atomic mass is 10.1. The number of carbonyl (C=O) groups is 1. The number of aromatic nitrogens is 1. The van der Waals surface area contributed by atoms with Crippen molar-refractivity contribution in [1.29, 1.82) is 0 Å². The van der Waals surface area contributed by atoms with Crippen LogP contribution in [-0.4, -0.2) is 61.7 Å². The first-order valence-corrected chi connectivity index (χ1v) is 10.8. The lowest BCUT2D eigenvalue weighted by Gasteiger charge is -2.31. The van der Waals surface area contributed by atoms with E-state index >= 15 is 0 Å². The van der Waals surface area contributed by atoms with Crippen molar-refractivity contribution in [3.8, 4) is 0 Å². The van der Waals surface area contributed by atoms with Crippen LogP contribution in [0.15, 0.2) is 65.7 Å². The van der Waals surface area contributed by atoms with Crippen LogP contribution in [0.3, 0.4) is 0 Å². The van der Waals surface area contributed by atoms with Gasteiger partial charge in [0, 0.05) is 43.3 Å². The molecule has 1 saturated heterocycles. The van der Waals surface area contributed by atoms with Crippen LogP contribution in [0.2, 0.25) is 0 Å². The number of pyridine rings is 1. The van der Waals surface area contributed by atoms with Crippen LogP contribution in [0.4, 0.5) is 5.69 Å². The summed E-state index contributed by atoms with van der Waals surface area (Å²) in [5.41, 5.74) is 1.55. The highest BCUT2D eigenvalue weighted by Crippen LogP contribution is 2.23. The number of nitrogens with zero attached hydrogens (tertiary/aromatic N) is 3. The molecular formula is C21H22N4O3S. The van der Waals surface area contributed by atoms with E-state index in [1.165, 1.54) is 16.4 Å². The maximum Gasteiger partial charge on any atom is 0.255 e. The number of rotatable bonds is 4. The number of para-hydroxylation sites is 1. The average molecular weight is 410 g/mol. The normalized spacial score (nSPS) is 16.0. The quantitative estimate of drug-likeness (QED) is 0.714. The summed E-state index contributed by atoms with van der Waals surface area (Å²) in [4.78, 5) is 19.4. The zero-order chi connectivity index (χ0) is 20.4. The molecule has 1 aliphatic heterocycles. The van der Waals surface area contributed by atoms with Gasteiger partial charge < -0.3 is 10.2 Å². The summed E-state index contributed by atoms with van der Waals surface area (Å²) >= 11 is 0. The second kappa shape index (κ2) is 7.90. The van der Waals surface area contributed by atoms with Crippen LogP contribution in [0.25, 0.3) is 10.9 Å². The van der Waals surface area contributed by atoms with Gasteiger partial charge in [0.15, 0.2) is 0 Å². The molecule has 3 aromatic rings. The van der Waals surface area contributed by atoms with E-state index in [-0.39, 0.29) is 16.4 Å². The third-order valence-corrected chi connectivity index (χ3v) is 6.97. The monoisotopic (exact) mass is 410 g/mol. The second-order valence-electron chi connectivity index (χ2n) is 7.07. The van der Waals surface area contributed by atoms with Crippen LogP contribution >= 0.6 is 0 Å². The van der Waals surface area contributed by atoms with Crippen LogP contribution in [0.1, 0.15) is 10.4 Å². The standard InChI is InChI=1S/C21H22N4O3S/c1-24-11-13-25(14-12-24)29(27,28)18-8-2-6-17(15-18)21(26)23-19-9-3-5-16-7-4-10-22-20(16)19/h2-10,15H,11-14H2,1H3,(H,23,26). The minimum atomic E-state index is -3.63. The minimum Gasteiger partial charge on any atom is -0.320 e. The van der Waals surface area contributed by atoms with Gasteiger partial charge in [-0.05, 0) is 37.4 Å². The maximum atomic E-state index is 13.0. The molecule has 0 unspecified atom stereocenters. The van der Waals surface area contributed by atoms with Gasteiger partial charge in [-0.2, -0.15) is 4.31 Å². The number of anilines is 1. The van der Waals surface area contributed by atoms with Gasteiger partial charge in [-0.1, -0.05) is 24.3 Å². The molecule has 0 bridgehead atoms. The Morgan fingerprint density at radius 2 is 1.72 bits per heavy atom. The van der Waals surface area contributed by atoms with Gasteiger partial charge in [0.05, 0.1) is 16.1 Å². The lowest BCUT2D eigenvalue weighted by molar-refractivity contribution is 0.102. The average Bonchev–Trinajstić information content (AvgIpc) is 2.74. The Hall–Kier alpha value is -2.81. The van der Waals surface area contributed by atoms with E-state index in [0.717, 1.165) is 5.39 Å². The fourth-order valence-electron chi connectivity index (χ4n) is 3.37.